The van der Waals surface area contributed by atoms with E-state index in [9.17, 15) is 4.79 Å². The zero-order chi connectivity index (χ0) is 15.2. The van der Waals surface area contributed by atoms with Crippen molar-refractivity contribution in [2.75, 3.05) is 11.9 Å². The monoisotopic (exact) mass is 279 g/mol. The number of hydrogen-bond donors (Lipinski definition) is 2. The lowest BCUT2D eigenvalue weighted by Gasteiger charge is -2.09. The van der Waals surface area contributed by atoms with E-state index in [4.69, 9.17) is 5.73 Å². The van der Waals surface area contributed by atoms with Crippen LogP contribution in [0, 0.1) is 25.7 Å². The number of hydrogen-bond acceptors (Lipinski definition) is 3. The predicted molar refractivity (Wildman–Crippen MR) is 84.0 cm³/mol. The molecular weight excluding hydrogens is 262 g/mol. The molecule has 1 aromatic carbocycles. The van der Waals surface area contributed by atoms with Gasteiger partial charge in [-0.25, -0.2) is 0 Å². The van der Waals surface area contributed by atoms with Crippen LogP contribution in [-0.2, 0) is 0 Å². The molecular formula is C17H17N3O. The number of rotatable bonds is 2. The molecule has 2 aromatic rings. The topological polar surface area (TPSA) is 68.0 Å². The first kappa shape index (κ1) is 14.8. The van der Waals surface area contributed by atoms with E-state index in [-0.39, 0.29) is 5.91 Å². The number of aromatic nitrogens is 1. The molecule has 0 unspecified atom stereocenters. The highest BCUT2D eigenvalue weighted by Crippen LogP contribution is 2.15. The number of anilines is 1. The molecule has 3 N–H and O–H groups in total. The van der Waals surface area contributed by atoms with Gasteiger partial charge in [0, 0.05) is 17.3 Å². The van der Waals surface area contributed by atoms with Gasteiger partial charge >= 0.3 is 0 Å². The minimum atomic E-state index is -0.167. The Morgan fingerprint density at radius 3 is 2.86 bits per heavy atom. The summed E-state index contributed by atoms with van der Waals surface area (Å²) in [6.07, 6.45) is 1.69. The van der Waals surface area contributed by atoms with E-state index in [0.717, 1.165) is 16.8 Å². The van der Waals surface area contributed by atoms with Crippen LogP contribution in [0.4, 0.5) is 5.69 Å². The van der Waals surface area contributed by atoms with Crippen LogP contribution in [-0.4, -0.2) is 17.4 Å². The van der Waals surface area contributed by atoms with Crippen molar-refractivity contribution < 1.29 is 4.79 Å². The molecule has 0 saturated heterocycles. The quantitative estimate of drug-likeness (QED) is 0.829. The Kier molecular flexibility index (Phi) is 4.70. The van der Waals surface area contributed by atoms with Gasteiger partial charge in [0.05, 0.1) is 17.9 Å². The summed E-state index contributed by atoms with van der Waals surface area (Å²) in [6, 6.07) is 9.15. The lowest BCUT2D eigenvalue weighted by atomic mass is 10.0. The van der Waals surface area contributed by atoms with Gasteiger partial charge in [-0.05, 0) is 43.7 Å². The van der Waals surface area contributed by atoms with Crippen LogP contribution in [0.5, 0.6) is 0 Å². The normalized spacial score (nSPS) is 9.67. The molecule has 106 valence electrons. The molecule has 1 aromatic heterocycles. The highest BCUT2D eigenvalue weighted by atomic mass is 16.1. The van der Waals surface area contributed by atoms with Gasteiger partial charge in [-0.15, -0.1) is 0 Å². The van der Waals surface area contributed by atoms with E-state index in [1.165, 1.54) is 0 Å². The summed E-state index contributed by atoms with van der Waals surface area (Å²) in [5.41, 5.74) is 9.12. The second-order valence-electron chi connectivity index (χ2n) is 4.63. The SMILES string of the molecule is Cc1ccc(C#CCN)cc1C(=O)Nc1cccnc1C. The van der Waals surface area contributed by atoms with Crippen LogP contribution in [0.1, 0.15) is 27.2 Å². The van der Waals surface area contributed by atoms with Crippen molar-refractivity contribution >= 4 is 11.6 Å². The second kappa shape index (κ2) is 6.69. The average Bonchev–Trinajstić information content (AvgIpc) is 2.48. The van der Waals surface area contributed by atoms with Gasteiger partial charge in [0.15, 0.2) is 0 Å². The van der Waals surface area contributed by atoms with E-state index < -0.39 is 0 Å². The van der Waals surface area contributed by atoms with Gasteiger partial charge < -0.3 is 11.1 Å². The smallest absolute Gasteiger partial charge is 0.256 e. The molecule has 0 aliphatic rings. The van der Waals surface area contributed by atoms with Gasteiger partial charge in [-0.3, -0.25) is 9.78 Å². The molecule has 0 fully saturated rings. The van der Waals surface area contributed by atoms with Crippen LogP contribution >= 0.6 is 0 Å². The van der Waals surface area contributed by atoms with Crippen LogP contribution in [0.25, 0.3) is 0 Å². The molecule has 0 aliphatic carbocycles. The van der Waals surface area contributed by atoms with E-state index in [0.29, 0.717) is 17.8 Å². The zero-order valence-corrected chi connectivity index (χ0v) is 12.1. The van der Waals surface area contributed by atoms with Gasteiger partial charge in [0.2, 0.25) is 0 Å². The minimum Gasteiger partial charge on any atom is -0.320 e. The Hall–Kier alpha value is -2.64. The Balaban J connectivity index is 2.28. The van der Waals surface area contributed by atoms with Crippen LogP contribution in [0.3, 0.4) is 0 Å². The van der Waals surface area contributed by atoms with Crippen molar-refractivity contribution in [3.05, 3.63) is 58.9 Å². The number of carbonyl (C=O) groups is 1. The van der Waals surface area contributed by atoms with Crippen molar-refractivity contribution in [1.29, 1.82) is 0 Å². The summed E-state index contributed by atoms with van der Waals surface area (Å²) in [7, 11) is 0. The molecule has 1 amide bonds. The van der Waals surface area contributed by atoms with Crippen molar-refractivity contribution in [2.45, 2.75) is 13.8 Å². The fourth-order valence-corrected chi connectivity index (χ4v) is 1.90. The summed E-state index contributed by atoms with van der Waals surface area (Å²) in [5.74, 6) is 5.55. The van der Waals surface area contributed by atoms with Gasteiger partial charge in [-0.2, -0.15) is 0 Å². The lowest BCUT2D eigenvalue weighted by Crippen LogP contribution is -2.14. The summed E-state index contributed by atoms with van der Waals surface area (Å²) in [6.45, 7) is 4.04. The Labute approximate surface area is 124 Å². The molecule has 2 rings (SSSR count). The standard InChI is InChI=1S/C17H17N3O/c1-12-7-8-14(5-3-9-18)11-15(12)17(21)20-16-6-4-10-19-13(16)2/h4,6-8,10-11H,9,18H2,1-2H3,(H,20,21). The summed E-state index contributed by atoms with van der Waals surface area (Å²) >= 11 is 0. The molecule has 4 nitrogen and oxygen atoms in total. The summed E-state index contributed by atoms with van der Waals surface area (Å²) in [4.78, 5) is 16.6. The van der Waals surface area contributed by atoms with Crippen molar-refractivity contribution in [3.63, 3.8) is 0 Å². The third kappa shape index (κ3) is 3.68. The van der Waals surface area contributed by atoms with E-state index in [1.807, 2.05) is 32.0 Å². The fraction of sp³-hybridized carbons (Fsp3) is 0.176. The molecule has 0 radical (unpaired) electrons. The minimum absolute atomic E-state index is 0.167. The Morgan fingerprint density at radius 2 is 2.14 bits per heavy atom. The van der Waals surface area contributed by atoms with Gasteiger partial charge in [-0.1, -0.05) is 17.9 Å². The molecule has 0 atom stereocenters. The number of nitrogens with zero attached hydrogens (tertiary/aromatic N) is 1. The number of pyridine rings is 1. The predicted octanol–water partition coefficient (Wildman–Crippen LogP) is 2.26. The number of nitrogens with one attached hydrogen (secondary N) is 1. The molecule has 0 saturated carbocycles. The molecule has 21 heavy (non-hydrogen) atoms. The first-order valence-electron chi connectivity index (χ1n) is 6.64. The van der Waals surface area contributed by atoms with E-state index in [1.54, 1.807) is 18.3 Å². The second-order valence-corrected chi connectivity index (χ2v) is 4.63. The Morgan fingerprint density at radius 1 is 1.33 bits per heavy atom. The number of aryl methyl sites for hydroxylation is 2. The third-order valence-electron chi connectivity index (χ3n) is 3.07. The van der Waals surface area contributed by atoms with E-state index >= 15 is 0 Å². The number of benzene rings is 1. The van der Waals surface area contributed by atoms with Crippen molar-refractivity contribution in [1.82, 2.24) is 4.98 Å². The largest absolute Gasteiger partial charge is 0.320 e. The van der Waals surface area contributed by atoms with E-state index in [2.05, 4.69) is 22.1 Å². The third-order valence-corrected chi connectivity index (χ3v) is 3.07. The molecule has 4 heteroatoms. The summed E-state index contributed by atoms with van der Waals surface area (Å²) < 4.78 is 0. The molecule has 0 spiro atoms. The molecule has 1 heterocycles. The number of nitrogens with two attached hydrogens (primary N) is 1. The lowest BCUT2D eigenvalue weighted by molar-refractivity contribution is 0.102. The molecule has 0 aliphatic heterocycles. The van der Waals surface area contributed by atoms with Crippen LogP contribution in [0.15, 0.2) is 36.5 Å². The number of carbonyl (C=O) groups excluding carboxylic acids is 1. The maximum atomic E-state index is 12.4. The summed E-state index contributed by atoms with van der Waals surface area (Å²) in [5, 5.41) is 2.88. The maximum absolute atomic E-state index is 12.4. The van der Waals surface area contributed by atoms with Crippen LogP contribution in [0.2, 0.25) is 0 Å². The van der Waals surface area contributed by atoms with Crippen molar-refractivity contribution in [2.24, 2.45) is 5.73 Å². The zero-order valence-electron chi connectivity index (χ0n) is 12.1. The number of amides is 1. The Bertz CT molecular complexity index is 726. The molecule has 0 bridgehead atoms. The van der Waals surface area contributed by atoms with Gasteiger partial charge in [0.25, 0.3) is 5.91 Å². The van der Waals surface area contributed by atoms with Crippen molar-refractivity contribution in [3.8, 4) is 11.8 Å². The first-order chi connectivity index (χ1) is 10.1. The maximum Gasteiger partial charge on any atom is 0.256 e. The van der Waals surface area contributed by atoms with Gasteiger partial charge in [0.1, 0.15) is 0 Å². The first-order valence-corrected chi connectivity index (χ1v) is 6.64. The highest BCUT2D eigenvalue weighted by molar-refractivity contribution is 6.05. The highest BCUT2D eigenvalue weighted by Gasteiger charge is 2.11. The average molecular weight is 279 g/mol. The fourth-order valence-electron chi connectivity index (χ4n) is 1.90. The van der Waals surface area contributed by atoms with Crippen LogP contribution < -0.4 is 11.1 Å².